The molecule has 0 spiro atoms. The van der Waals surface area contributed by atoms with Gasteiger partial charge in [-0.1, -0.05) is 24.3 Å². The SMILES string of the molecule is C=C(C)/C=C/C1CCCC(=O)C1. The lowest BCUT2D eigenvalue weighted by Crippen LogP contribution is -2.12. The minimum Gasteiger partial charge on any atom is -0.300 e. The van der Waals surface area contributed by atoms with Gasteiger partial charge in [-0.3, -0.25) is 4.79 Å². The van der Waals surface area contributed by atoms with E-state index in [-0.39, 0.29) is 0 Å². The third kappa shape index (κ3) is 3.04. The molecule has 0 saturated heterocycles. The van der Waals surface area contributed by atoms with Crippen LogP contribution in [0.2, 0.25) is 0 Å². The molecule has 0 bridgehead atoms. The van der Waals surface area contributed by atoms with Gasteiger partial charge in [0.05, 0.1) is 0 Å². The minimum absolute atomic E-state index is 0.414. The predicted octanol–water partition coefficient (Wildman–Crippen LogP) is 2.88. The van der Waals surface area contributed by atoms with Crippen LogP contribution in [0.4, 0.5) is 0 Å². The zero-order valence-electron chi connectivity index (χ0n) is 7.68. The zero-order valence-corrected chi connectivity index (χ0v) is 7.68. The van der Waals surface area contributed by atoms with Gasteiger partial charge in [0.25, 0.3) is 0 Å². The Balaban J connectivity index is 2.41. The van der Waals surface area contributed by atoms with Crippen molar-refractivity contribution in [3.8, 4) is 0 Å². The van der Waals surface area contributed by atoms with E-state index in [0.717, 1.165) is 31.3 Å². The van der Waals surface area contributed by atoms with E-state index in [1.807, 2.05) is 13.0 Å². The number of carbonyl (C=O) groups is 1. The molecule has 0 aromatic carbocycles. The largest absolute Gasteiger partial charge is 0.300 e. The molecular formula is C11H16O. The Hall–Kier alpha value is -0.850. The van der Waals surface area contributed by atoms with Crippen molar-refractivity contribution >= 4 is 5.78 Å². The standard InChI is InChI=1S/C11H16O/c1-9(2)6-7-10-4-3-5-11(12)8-10/h6-7,10H,1,3-5,8H2,2H3/b7-6+. The first-order valence-electron chi connectivity index (χ1n) is 4.54. The second kappa shape index (κ2) is 4.24. The van der Waals surface area contributed by atoms with Crippen molar-refractivity contribution in [2.24, 2.45) is 5.92 Å². The second-order valence-corrected chi connectivity index (χ2v) is 3.60. The van der Waals surface area contributed by atoms with Crippen molar-refractivity contribution in [1.82, 2.24) is 0 Å². The van der Waals surface area contributed by atoms with Crippen LogP contribution in [0.3, 0.4) is 0 Å². The number of ketones is 1. The van der Waals surface area contributed by atoms with E-state index in [1.165, 1.54) is 0 Å². The molecule has 12 heavy (non-hydrogen) atoms. The summed E-state index contributed by atoms with van der Waals surface area (Å²) in [4.78, 5) is 11.1. The highest BCUT2D eigenvalue weighted by Crippen LogP contribution is 2.22. The number of carbonyl (C=O) groups excluding carboxylic acids is 1. The van der Waals surface area contributed by atoms with Crippen LogP contribution in [-0.4, -0.2) is 5.78 Å². The highest BCUT2D eigenvalue weighted by atomic mass is 16.1. The molecule has 1 rings (SSSR count). The molecule has 1 unspecified atom stereocenters. The highest BCUT2D eigenvalue weighted by Gasteiger charge is 2.16. The minimum atomic E-state index is 0.414. The lowest BCUT2D eigenvalue weighted by Gasteiger charge is -2.16. The van der Waals surface area contributed by atoms with Gasteiger partial charge in [0.15, 0.2) is 0 Å². The van der Waals surface area contributed by atoms with Gasteiger partial charge < -0.3 is 0 Å². The molecule has 1 nitrogen and oxygen atoms in total. The molecule has 0 radical (unpaired) electrons. The van der Waals surface area contributed by atoms with E-state index in [2.05, 4.69) is 12.7 Å². The normalized spacial score (nSPS) is 24.8. The second-order valence-electron chi connectivity index (χ2n) is 3.60. The van der Waals surface area contributed by atoms with Gasteiger partial charge in [-0.25, -0.2) is 0 Å². The maximum atomic E-state index is 11.1. The van der Waals surface area contributed by atoms with Crippen molar-refractivity contribution in [3.63, 3.8) is 0 Å². The summed E-state index contributed by atoms with van der Waals surface area (Å²) in [7, 11) is 0. The van der Waals surface area contributed by atoms with Crippen molar-refractivity contribution in [2.75, 3.05) is 0 Å². The van der Waals surface area contributed by atoms with Gasteiger partial charge in [0.2, 0.25) is 0 Å². The third-order valence-corrected chi connectivity index (χ3v) is 2.17. The van der Waals surface area contributed by atoms with Crippen LogP contribution in [0.25, 0.3) is 0 Å². The Morgan fingerprint density at radius 3 is 3.00 bits per heavy atom. The Kier molecular flexibility index (Phi) is 3.27. The van der Waals surface area contributed by atoms with Gasteiger partial charge in [0.1, 0.15) is 5.78 Å². The molecule has 0 N–H and O–H groups in total. The van der Waals surface area contributed by atoms with Gasteiger partial charge in [-0.2, -0.15) is 0 Å². The van der Waals surface area contributed by atoms with Gasteiger partial charge in [-0.05, 0) is 25.7 Å². The maximum Gasteiger partial charge on any atom is 0.133 e. The topological polar surface area (TPSA) is 17.1 Å². The lowest BCUT2D eigenvalue weighted by atomic mass is 9.88. The molecule has 1 atom stereocenters. The highest BCUT2D eigenvalue weighted by molar-refractivity contribution is 5.79. The molecule has 1 aliphatic carbocycles. The molecule has 1 aliphatic rings. The fourth-order valence-corrected chi connectivity index (χ4v) is 1.52. The average molecular weight is 164 g/mol. The van der Waals surface area contributed by atoms with Gasteiger partial charge in [-0.15, -0.1) is 0 Å². The summed E-state index contributed by atoms with van der Waals surface area (Å²) in [5.41, 5.74) is 1.06. The smallest absolute Gasteiger partial charge is 0.133 e. The van der Waals surface area contributed by atoms with E-state index in [1.54, 1.807) is 0 Å². The molecule has 0 aliphatic heterocycles. The van der Waals surface area contributed by atoms with Crippen molar-refractivity contribution < 1.29 is 4.79 Å². The van der Waals surface area contributed by atoms with E-state index >= 15 is 0 Å². The first-order chi connectivity index (χ1) is 5.68. The molecule has 66 valence electrons. The monoisotopic (exact) mass is 164 g/mol. The van der Waals surface area contributed by atoms with Crippen LogP contribution >= 0.6 is 0 Å². The van der Waals surface area contributed by atoms with E-state index < -0.39 is 0 Å². The zero-order chi connectivity index (χ0) is 8.97. The van der Waals surface area contributed by atoms with Crippen molar-refractivity contribution in [1.29, 1.82) is 0 Å². The molecule has 1 saturated carbocycles. The van der Waals surface area contributed by atoms with Crippen LogP contribution in [0.15, 0.2) is 24.3 Å². The number of hydrogen-bond donors (Lipinski definition) is 0. The summed E-state index contributed by atoms with van der Waals surface area (Å²) >= 11 is 0. The molecule has 0 aromatic rings. The van der Waals surface area contributed by atoms with Crippen LogP contribution in [0.5, 0.6) is 0 Å². The lowest BCUT2D eigenvalue weighted by molar-refractivity contribution is -0.121. The Labute approximate surface area is 74.2 Å². The van der Waals surface area contributed by atoms with E-state index in [9.17, 15) is 4.79 Å². The van der Waals surface area contributed by atoms with Crippen molar-refractivity contribution in [2.45, 2.75) is 32.6 Å². The molecule has 0 aromatic heterocycles. The first kappa shape index (κ1) is 9.24. The average Bonchev–Trinajstić information content (AvgIpc) is 2.01. The van der Waals surface area contributed by atoms with Gasteiger partial charge >= 0.3 is 0 Å². The fourth-order valence-electron chi connectivity index (χ4n) is 1.52. The number of allylic oxidation sites excluding steroid dienone is 3. The molecule has 0 amide bonds. The van der Waals surface area contributed by atoms with Crippen LogP contribution in [-0.2, 0) is 4.79 Å². The summed E-state index contributed by atoms with van der Waals surface area (Å²) in [6, 6.07) is 0. The Bertz CT molecular complexity index is 213. The number of hydrogen-bond acceptors (Lipinski definition) is 1. The summed E-state index contributed by atoms with van der Waals surface area (Å²) < 4.78 is 0. The fraction of sp³-hybridized carbons (Fsp3) is 0.545. The molecule has 0 heterocycles. The predicted molar refractivity (Wildman–Crippen MR) is 50.9 cm³/mol. The molecule has 1 heteroatoms. The van der Waals surface area contributed by atoms with Crippen LogP contribution in [0.1, 0.15) is 32.6 Å². The summed E-state index contributed by atoms with van der Waals surface area (Å²) in [5.74, 6) is 0.889. The van der Waals surface area contributed by atoms with Crippen LogP contribution < -0.4 is 0 Å². The van der Waals surface area contributed by atoms with Gasteiger partial charge in [0, 0.05) is 12.8 Å². The molecular weight excluding hydrogens is 148 g/mol. The summed E-state index contributed by atoms with van der Waals surface area (Å²) in [6.07, 6.45) is 7.89. The maximum absolute atomic E-state index is 11.1. The summed E-state index contributed by atoms with van der Waals surface area (Å²) in [5, 5.41) is 0. The third-order valence-electron chi connectivity index (χ3n) is 2.17. The Morgan fingerprint density at radius 2 is 2.42 bits per heavy atom. The molecule has 1 fully saturated rings. The van der Waals surface area contributed by atoms with Crippen molar-refractivity contribution in [3.05, 3.63) is 24.3 Å². The Morgan fingerprint density at radius 1 is 1.67 bits per heavy atom. The quantitative estimate of drug-likeness (QED) is 0.573. The first-order valence-corrected chi connectivity index (χ1v) is 4.54. The summed E-state index contributed by atoms with van der Waals surface area (Å²) in [6.45, 7) is 5.76. The number of Topliss-reactive ketones (excluding diaryl/α,β-unsaturated/α-hetero) is 1. The van der Waals surface area contributed by atoms with E-state index in [0.29, 0.717) is 11.7 Å². The van der Waals surface area contributed by atoms with E-state index in [4.69, 9.17) is 0 Å². The van der Waals surface area contributed by atoms with Crippen LogP contribution in [0, 0.1) is 5.92 Å². The number of rotatable bonds is 2.